The van der Waals surface area contributed by atoms with Crippen LogP contribution >= 0.6 is 0 Å². The van der Waals surface area contributed by atoms with Gasteiger partial charge in [-0.25, -0.2) is 0 Å². The molecule has 1 aliphatic rings. The molecule has 0 amide bonds. The van der Waals surface area contributed by atoms with Crippen LogP contribution < -0.4 is 5.32 Å². The molecule has 0 unspecified atom stereocenters. The van der Waals surface area contributed by atoms with Gasteiger partial charge in [-0.1, -0.05) is 36.4 Å². The van der Waals surface area contributed by atoms with Gasteiger partial charge in [0, 0.05) is 33.3 Å². The fourth-order valence-corrected chi connectivity index (χ4v) is 4.73. The first kappa shape index (κ1) is 24.9. The minimum Gasteiger partial charge on any atom is -0.338 e. The van der Waals surface area contributed by atoms with E-state index in [1.807, 2.05) is 56.3 Å². The predicted molar refractivity (Wildman–Crippen MR) is 142 cm³/mol. The van der Waals surface area contributed by atoms with Crippen LogP contribution in [0.2, 0.25) is 0 Å². The number of nitrogens with one attached hydrogen (secondary N) is 1. The Morgan fingerprint density at radius 2 is 1.73 bits per heavy atom. The number of aromatic nitrogens is 2. The van der Waals surface area contributed by atoms with Crippen molar-refractivity contribution in [2.24, 2.45) is 4.99 Å². The highest BCUT2D eigenvalue weighted by Gasteiger charge is 2.31. The summed E-state index contributed by atoms with van der Waals surface area (Å²) in [6.45, 7) is 3.44. The van der Waals surface area contributed by atoms with Crippen molar-refractivity contribution >= 4 is 28.0 Å². The van der Waals surface area contributed by atoms with E-state index in [-0.39, 0.29) is 0 Å². The zero-order valence-corrected chi connectivity index (χ0v) is 21.0. The first-order chi connectivity index (χ1) is 17.7. The molecule has 2 heterocycles. The Morgan fingerprint density at radius 1 is 0.946 bits per heavy atom. The summed E-state index contributed by atoms with van der Waals surface area (Å²) in [5, 5.41) is 13.7. The number of fused-ring (bicyclic) bond motifs is 2. The summed E-state index contributed by atoms with van der Waals surface area (Å²) < 4.78 is 41.0. The molecule has 0 aliphatic carbocycles. The Kier molecular flexibility index (Phi) is 6.69. The maximum absolute atomic E-state index is 13.7. The molecule has 5 nitrogen and oxygen atoms in total. The molecule has 1 N–H and O–H groups in total. The first-order valence-corrected chi connectivity index (χ1v) is 12.2. The number of hydrogen-bond acceptors (Lipinski definition) is 5. The van der Waals surface area contributed by atoms with Crippen LogP contribution in [0.25, 0.3) is 22.0 Å². The molecule has 1 aliphatic heterocycles. The highest BCUT2D eigenvalue weighted by molar-refractivity contribution is 6.04. The number of aliphatic imine (C=N–C) groups is 1. The molecule has 0 bridgehead atoms. The van der Waals surface area contributed by atoms with E-state index in [0.29, 0.717) is 30.0 Å². The van der Waals surface area contributed by atoms with Crippen LogP contribution in [0.1, 0.15) is 35.6 Å². The molecule has 0 saturated heterocycles. The Morgan fingerprint density at radius 3 is 2.49 bits per heavy atom. The topological polar surface area (TPSA) is 53.4 Å². The summed E-state index contributed by atoms with van der Waals surface area (Å²) in [4.78, 5) is 6.53. The lowest BCUT2D eigenvalue weighted by Gasteiger charge is -2.16. The molecule has 0 saturated carbocycles. The van der Waals surface area contributed by atoms with Gasteiger partial charge in [-0.3, -0.25) is 4.99 Å². The Balaban J connectivity index is 1.51. The maximum Gasteiger partial charge on any atom is 0.416 e. The van der Waals surface area contributed by atoms with E-state index in [4.69, 9.17) is 0 Å². The molecule has 0 atom stereocenters. The van der Waals surface area contributed by atoms with Crippen molar-refractivity contribution in [3.8, 4) is 11.3 Å². The van der Waals surface area contributed by atoms with Crippen LogP contribution in [0.3, 0.4) is 0 Å². The highest BCUT2D eigenvalue weighted by Crippen LogP contribution is 2.36. The summed E-state index contributed by atoms with van der Waals surface area (Å²) >= 11 is 0. The van der Waals surface area contributed by atoms with Crippen LogP contribution in [0.15, 0.2) is 65.7 Å². The standard InChI is InChI=1S/C29H28F3N5/c1-18-24-11-10-20(15-21(24)17-33-18)27-25-8-4-5-9-26(25)28(36-35-27)34-23-14-19(7-6-12-37(2)3)13-22(16-23)29(30,31)32/h4-5,8-11,13-16H,6-7,12,17H2,1-3H3,(H,34,36). The van der Waals surface area contributed by atoms with Gasteiger partial charge in [-0.2, -0.15) is 13.2 Å². The summed E-state index contributed by atoms with van der Waals surface area (Å²) in [5.41, 5.74) is 5.26. The summed E-state index contributed by atoms with van der Waals surface area (Å²) in [6.07, 6.45) is -3.14. The summed E-state index contributed by atoms with van der Waals surface area (Å²) in [5.74, 6) is 0.415. The predicted octanol–water partition coefficient (Wildman–Crippen LogP) is 6.88. The molecule has 0 fully saturated rings. The highest BCUT2D eigenvalue weighted by atomic mass is 19.4. The average Bonchev–Trinajstić information content (AvgIpc) is 3.23. The van der Waals surface area contributed by atoms with Crippen LogP contribution in [-0.2, 0) is 19.1 Å². The maximum atomic E-state index is 13.7. The number of alkyl halides is 3. The molecule has 0 spiro atoms. The van der Waals surface area contributed by atoms with Gasteiger partial charge in [0.1, 0.15) is 5.69 Å². The van der Waals surface area contributed by atoms with Gasteiger partial charge in [0.05, 0.1) is 12.1 Å². The van der Waals surface area contributed by atoms with Gasteiger partial charge >= 0.3 is 6.18 Å². The molecule has 190 valence electrons. The monoisotopic (exact) mass is 503 g/mol. The molecule has 0 radical (unpaired) electrons. The molecule has 3 aromatic carbocycles. The van der Waals surface area contributed by atoms with E-state index in [1.165, 1.54) is 6.07 Å². The number of aryl methyl sites for hydroxylation is 1. The zero-order chi connectivity index (χ0) is 26.2. The normalized spacial score (nSPS) is 13.2. The van der Waals surface area contributed by atoms with Crippen molar-refractivity contribution in [1.82, 2.24) is 15.1 Å². The van der Waals surface area contributed by atoms with Crippen LogP contribution in [0.4, 0.5) is 24.7 Å². The largest absolute Gasteiger partial charge is 0.416 e. The lowest BCUT2D eigenvalue weighted by atomic mass is 9.99. The zero-order valence-electron chi connectivity index (χ0n) is 21.0. The first-order valence-electron chi connectivity index (χ1n) is 12.2. The second kappa shape index (κ2) is 9.94. The minimum atomic E-state index is -4.44. The fraction of sp³-hybridized carbons (Fsp3) is 0.276. The molecule has 5 rings (SSSR count). The molecule has 1 aromatic heterocycles. The number of nitrogens with zero attached hydrogens (tertiary/aromatic N) is 4. The Labute approximate surface area is 214 Å². The van der Waals surface area contributed by atoms with Gasteiger partial charge in [0.25, 0.3) is 0 Å². The number of hydrogen-bond donors (Lipinski definition) is 1. The molecule has 8 heteroatoms. The summed E-state index contributed by atoms with van der Waals surface area (Å²) in [6, 6.07) is 17.9. The third kappa shape index (κ3) is 5.34. The molecule has 4 aromatic rings. The molecular weight excluding hydrogens is 475 g/mol. The van der Waals surface area contributed by atoms with Gasteiger partial charge < -0.3 is 10.2 Å². The van der Waals surface area contributed by atoms with E-state index in [0.717, 1.165) is 57.9 Å². The lowest BCUT2D eigenvalue weighted by molar-refractivity contribution is -0.137. The van der Waals surface area contributed by atoms with Crippen molar-refractivity contribution < 1.29 is 13.2 Å². The van der Waals surface area contributed by atoms with Crippen molar-refractivity contribution in [2.45, 2.75) is 32.5 Å². The van der Waals surface area contributed by atoms with Crippen LogP contribution in [0.5, 0.6) is 0 Å². The van der Waals surface area contributed by atoms with E-state index in [9.17, 15) is 13.2 Å². The van der Waals surface area contributed by atoms with Gasteiger partial charge in [-0.15, -0.1) is 10.2 Å². The van der Waals surface area contributed by atoms with E-state index < -0.39 is 11.7 Å². The Bertz CT molecular complexity index is 1490. The van der Waals surface area contributed by atoms with Gasteiger partial charge in [0.15, 0.2) is 5.82 Å². The SMILES string of the molecule is CC1=NCc2cc(-c3nnc(Nc4cc(CCCN(C)C)cc(C(F)(F)F)c4)c4ccccc34)ccc21. The fourth-order valence-electron chi connectivity index (χ4n) is 4.73. The number of rotatable bonds is 7. The number of anilines is 2. The summed E-state index contributed by atoms with van der Waals surface area (Å²) in [7, 11) is 3.90. The average molecular weight is 504 g/mol. The van der Waals surface area contributed by atoms with E-state index in [1.54, 1.807) is 6.07 Å². The third-order valence-corrected chi connectivity index (χ3v) is 6.60. The second-order valence-corrected chi connectivity index (χ2v) is 9.66. The van der Waals surface area contributed by atoms with Crippen molar-refractivity contribution in [2.75, 3.05) is 26.0 Å². The smallest absolute Gasteiger partial charge is 0.338 e. The van der Waals surface area contributed by atoms with E-state index >= 15 is 0 Å². The van der Waals surface area contributed by atoms with Gasteiger partial charge in [-0.05, 0) is 75.8 Å². The second-order valence-electron chi connectivity index (χ2n) is 9.66. The van der Waals surface area contributed by atoms with Gasteiger partial charge in [0.2, 0.25) is 0 Å². The van der Waals surface area contributed by atoms with Crippen molar-refractivity contribution in [3.05, 3.63) is 82.9 Å². The quantitative estimate of drug-likeness (QED) is 0.299. The minimum absolute atomic E-state index is 0.340. The van der Waals surface area contributed by atoms with Crippen molar-refractivity contribution in [1.29, 1.82) is 0 Å². The third-order valence-electron chi connectivity index (χ3n) is 6.60. The Hall–Kier alpha value is -3.78. The van der Waals surface area contributed by atoms with Crippen LogP contribution in [0, 0.1) is 0 Å². The van der Waals surface area contributed by atoms with E-state index in [2.05, 4.69) is 32.6 Å². The number of benzene rings is 3. The molecule has 37 heavy (non-hydrogen) atoms. The van der Waals surface area contributed by atoms with Crippen molar-refractivity contribution in [3.63, 3.8) is 0 Å². The number of halogens is 3. The lowest BCUT2D eigenvalue weighted by Crippen LogP contribution is -2.14. The molecular formula is C29H28F3N5. The van der Waals surface area contributed by atoms with Crippen LogP contribution in [-0.4, -0.2) is 41.4 Å².